The van der Waals surface area contributed by atoms with Gasteiger partial charge in [-0.1, -0.05) is 20.8 Å². The zero-order chi connectivity index (χ0) is 9.12. The molecular weight excluding hydrogens is 179 g/mol. The van der Waals surface area contributed by atoms with Crippen LogP contribution in [0.4, 0.5) is 0 Å². The van der Waals surface area contributed by atoms with Crippen molar-refractivity contribution in [1.82, 2.24) is 0 Å². The molecular formula is C6H18O3PSi+. The van der Waals surface area contributed by atoms with Crippen LogP contribution in [0.5, 0.6) is 0 Å². The monoisotopic (exact) mass is 197 g/mol. The Hall–Kier alpha value is 0.527. The number of hydrogen-bond acceptors (Lipinski definition) is 3. The van der Waals surface area contributed by atoms with Crippen molar-refractivity contribution in [2.75, 3.05) is 0 Å². The third kappa shape index (κ3) is 2.23. The van der Waals surface area contributed by atoms with Crippen molar-refractivity contribution in [3.05, 3.63) is 0 Å². The van der Waals surface area contributed by atoms with Gasteiger partial charge in [-0.25, -0.2) is 14.7 Å². The summed E-state index contributed by atoms with van der Waals surface area (Å²) in [6, 6.07) is 2.24. The third-order valence-corrected chi connectivity index (χ3v) is 14.5. The van der Waals surface area contributed by atoms with E-state index in [-0.39, 0.29) is 0 Å². The molecule has 0 aromatic rings. The van der Waals surface area contributed by atoms with Gasteiger partial charge >= 0.3 is 15.2 Å². The quantitative estimate of drug-likeness (QED) is 0.475. The molecule has 0 spiro atoms. The van der Waals surface area contributed by atoms with Crippen LogP contribution in [0.2, 0.25) is 18.1 Å². The van der Waals surface area contributed by atoms with E-state index in [9.17, 15) is 14.7 Å². The van der Waals surface area contributed by atoms with Gasteiger partial charge in [-0.15, -0.1) is 0 Å². The maximum atomic E-state index is 9.21. The minimum atomic E-state index is -3.52. The van der Waals surface area contributed by atoms with Crippen LogP contribution in [-0.4, -0.2) is 22.4 Å². The first-order chi connectivity index (χ1) is 4.93. The number of hydrogen-bond donors (Lipinski definition) is 3. The molecule has 0 fully saturated rings. The average Bonchev–Trinajstić information content (AvgIpc) is 1.90. The van der Waals surface area contributed by atoms with E-state index in [4.69, 9.17) is 0 Å². The van der Waals surface area contributed by atoms with E-state index in [0.717, 1.165) is 18.1 Å². The molecule has 3 N–H and O–H groups in total. The smallest absolute Gasteiger partial charge is 0.205 e. The van der Waals surface area contributed by atoms with Gasteiger partial charge in [0.2, 0.25) is 0 Å². The lowest BCUT2D eigenvalue weighted by Gasteiger charge is -2.25. The first kappa shape index (κ1) is 11.5. The molecule has 0 aromatic carbocycles. The van der Waals surface area contributed by atoms with E-state index < -0.39 is 15.2 Å². The molecule has 0 aliphatic heterocycles. The van der Waals surface area contributed by atoms with Crippen molar-refractivity contribution >= 4 is 15.2 Å². The SMILES string of the molecule is CC[Si](CC)(CC)[P+](O)(O)O. The first-order valence-corrected chi connectivity index (χ1v) is 9.12. The Morgan fingerprint density at radius 2 is 1.18 bits per heavy atom. The predicted molar refractivity (Wildman–Crippen MR) is 50.8 cm³/mol. The van der Waals surface area contributed by atoms with E-state index >= 15 is 0 Å². The van der Waals surface area contributed by atoms with Crippen molar-refractivity contribution in [3.63, 3.8) is 0 Å². The van der Waals surface area contributed by atoms with Crippen LogP contribution in [0.15, 0.2) is 0 Å². The normalized spacial score (nSPS) is 13.6. The first-order valence-electron chi connectivity index (χ1n) is 4.01. The molecule has 3 nitrogen and oxygen atoms in total. The van der Waals surface area contributed by atoms with Crippen LogP contribution in [-0.2, 0) is 0 Å². The second kappa shape index (κ2) is 3.96. The summed E-state index contributed by atoms with van der Waals surface area (Å²) in [6.45, 7) is 5.78. The molecule has 5 heteroatoms. The Kier molecular flexibility index (Phi) is 4.15. The summed E-state index contributed by atoms with van der Waals surface area (Å²) in [5, 5.41) is 0. The summed E-state index contributed by atoms with van der Waals surface area (Å²) in [7, 11) is -5.66. The van der Waals surface area contributed by atoms with Gasteiger partial charge in [0.15, 0.2) is 0 Å². The molecule has 0 amide bonds. The maximum Gasteiger partial charge on any atom is 0.346 e. The summed E-state index contributed by atoms with van der Waals surface area (Å²) in [5.74, 6) is 0. The van der Waals surface area contributed by atoms with E-state index in [1.165, 1.54) is 0 Å². The maximum absolute atomic E-state index is 9.21. The molecule has 0 saturated carbocycles. The Labute approximate surface area is 69.5 Å². The Morgan fingerprint density at radius 1 is 0.909 bits per heavy atom. The van der Waals surface area contributed by atoms with Crippen LogP contribution >= 0.6 is 7.49 Å². The molecule has 0 atom stereocenters. The second-order valence-electron chi connectivity index (χ2n) is 2.85. The summed E-state index contributed by atoms with van der Waals surface area (Å²) in [5.41, 5.74) is 0. The zero-order valence-corrected chi connectivity index (χ0v) is 9.30. The van der Waals surface area contributed by atoms with Gasteiger partial charge in [-0.05, 0) is 18.1 Å². The fourth-order valence-corrected chi connectivity index (χ4v) is 7.98. The highest BCUT2D eigenvalue weighted by Crippen LogP contribution is 2.60. The predicted octanol–water partition coefficient (Wildman–Crippen LogP) is 1.73. The minimum absolute atomic E-state index is 0.747. The van der Waals surface area contributed by atoms with Crippen LogP contribution in [0.25, 0.3) is 0 Å². The van der Waals surface area contributed by atoms with E-state index in [1.807, 2.05) is 20.8 Å². The summed E-state index contributed by atoms with van der Waals surface area (Å²) in [6.07, 6.45) is 0. The van der Waals surface area contributed by atoms with E-state index in [2.05, 4.69) is 0 Å². The van der Waals surface area contributed by atoms with Crippen LogP contribution in [0.3, 0.4) is 0 Å². The fraction of sp³-hybridized carbons (Fsp3) is 1.00. The van der Waals surface area contributed by atoms with Gasteiger partial charge in [0.05, 0.1) is 0 Å². The average molecular weight is 197 g/mol. The molecule has 0 radical (unpaired) electrons. The van der Waals surface area contributed by atoms with Crippen molar-refractivity contribution in [3.8, 4) is 0 Å². The molecule has 11 heavy (non-hydrogen) atoms. The zero-order valence-electron chi connectivity index (χ0n) is 7.41. The van der Waals surface area contributed by atoms with Gasteiger partial charge in [-0.3, -0.25) is 0 Å². The summed E-state index contributed by atoms with van der Waals surface area (Å²) >= 11 is 0. The third-order valence-electron chi connectivity index (χ3n) is 2.61. The summed E-state index contributed by atoms with van der Waals surface area (Å²) in [4.78, 5) is 27.6. The largest absolute Gasteiger partial charge is 0.346 e. The Bertz CT molecular complexity index is 111. The lowest BCUT2D eigenvalue weighted by atomic mass is 10.9. The van der Waals surface area contributed by atoms with Crippen molar-refractivity contribution in [2.45, 2.75) is 38.9 Å². The van der Waals surface area contributed by atoms with Gasteiger partial charge < -0.3 is 0 Å². The second-order valence-corrected chi connectivity index (χ2v) is 13.2. The molecule has 0 aliphatic rings. The molecule has 0 unspecified atom stereocenters. The molecule has 0 saturated heterocycles. The van der Waals surface area contributed by atoms with E-state index in [1.54, 1.807) is 0 Å². The molecule has 68 valence electrons. The Balaban J connectivity index is 4.54. The molecule has 0 bridgehead atoms. The lowest BCUT2D eigenvalue weighted by molar-refractivity contribution is 0.350. The van der Waals surface area contributed by atoms with Gasteiger partial charge in [-0.2, -0.15) is 0 Å². The molecule has 0 rings (SSSR count). The van der Waals surface area contributed by atoms with Gasteiger partial charge in [0.1, 0.15) is 0 Å². The highest BCUT2D eigenvalue weighted by atomic mass is 31.5. The van der Waals surface area contributed by atoms with Crippen LogP contribution in [0, 0.1) is 0 Å². The molecule has 0 aromatic heterocycles. The van der Waals surface area contributed by atoms with Crippen molar-refractivity contribution in [2.24, 2.45) is 0 Å². The highest BCUT2D eigenvalue weighted by molar-refractivity contribution is 7.96. The number of rotatable bonds is 4. The van der Waals surface area contributed by atoms with Gasteiger partial charge in [0.25, 0.3) is 0 Å². The van der Waals surface area contributed by atoms with Crippen LogP contribution in [0.1, 0.15) is 20.8 Å². The van der Waals surface area contributed by atoms with E-state index in [0.29, 0.717) is 0 Å². The topological polar surface area (TPSA) is 60.7 Å². The van der Waals surface area contributed by atoms with Crippen molar-refractivity contribution < 1.29 is 14.7 Å². The Morgan fingerprint density at radius 3 is 1.18 bits per heavy atom. The van der Waals surface area contributed by atoms with Crippen molar-refractivity contribution in [1.29, 1.82) is 0 Å². The van der Waals surface area contributed by atoms with Crippen LogP contribution < -0.4 is 0 Å². The lowest BCUT2D eigenvalue weighted by Crippen LogP contribution is -2.34. The minimum Gasteiger partial charge on any atom is -0.205 e. The standard InChI is InChI=1S/C6H18O3PSi/c1-4-11(5-2,6-3)10(7,8)9/h7-9H,4-6H2,1-3H3/q+1. The summed E-state index contributed by atoms with van der Waals surface area (Å²) < 4.78 is 0. The molecule has 0 aliphatic carbocycles. The fourth-order valence-electron chi connectivity index (χ4n) is 1.39. The highest BCUT2D eigenvalue weighted by Gasteiger charge is 2.57. The van der Waals surface area contributed by atoms with Gasteiger partial charge in [0, 0.05) is 0 Å². The molecule has 0 heterocycles.